The van der Waals surface area contributed by atoms with Crippen LogP contribution < -0.4 is 9.64 Å². The Labute approximate surface area is 193 Å². The largest absolute Gasteiger partial charge is 0.494 e. The van der Waals surface area contributed by atoms with E-state index in [9.17, 15) is 4.79 Å². The van der Waals surface area contributed by atoms with Gasteiger partial charge in [0.25, 0.3) is 5.91 Å². The van der Waals surface area contributed by atoms with E-state index < -0.39 is 0 Å². The number of anilines is 1. The highest BCUT2D eigenvalue weighted by Crippen LogP contribution is 2.38. The highest BCUT2D eigenvalue weighted by Gasteiger charge is 2.33. The second-order valence-electron chi connectivity index (χ2n) is 6.27. The van der Waals surface area contributed by atoms with Crippen LogP contribution >= 0.6 is 47.2 Å². The lowest BCUT2D eigenvalue weighted by Gasteiger charge is -2.15. The maximum atomic E-state index is 12.9. The predicted molar refractivity (Wildman–Crippen MR) is 127 cm³/mol. The molecule has 8 heteroatoms. The lowest BCUT2D eigenvalue weighted by atomic mass is 10.2. The molecule has 4 rings (SSSR count). The molecule has 1 aromatic heterocycles. The highest BCUT2D eigenvalue weighted by atomic mass is 35.5. The van der Waals surface area contributed by atoms with Gasteiger partial charge in [-0.05, 0) is 61.5 Å². The molecule has 0 spiro atoms. The van der Waals surface area contributed by atoms with Crippen LogP contribution in [0.4, 0.5) is 5.69 Å². The number of hydrogen-bond donors (Lipinski definition) is 0. The van der Waals surface area contributed by atoms with Gasteiger partial charge in [-0.2, -0.15) is 0 Å². The third kappa shape index (κ3) is 4.27. The minimum atomic E-state index is -0.201. The average Bonchev–Trinajstić information content (AvgIpc) is 3.29. The molecule has 0 aliphatic carbocycles. The fourth-order valence-corrected chi connectivity index (χ4v) is 4.60. The molecule has 152 valence electrons. The molecule has 1 aliphatic rings. The lowest BCUT2D eigenvalue weighted by Crippen LogP contribution is -2.27. The number of carbonyl (C=O) groups excluding carboxylic acids is 1. The molecule has 0 atom stereocenters. The third-order valence-electron chi connectivity index (χ3n) is 4.29. The Balaban J connectivity index is 1.58. The molecule has 0 saturated carbocycles. The molecular formula is C22H15Cl2NO3S2. The van der Waals surface area contributed by atoms with Crippen LogP contribution in [-0.2, 0) is 4.79 Å². The molecule has 2 aromatic carbocycles. The summed E-state index contributed by atoms with van der Waals surface area (Å²) in [7, 11) is 0. The molecule has 4 nitrogen and oxygen atoms in total. The number of benzene rings is 2. The Morgan fingerprint density at radius 1 is 1.13 bits per heavy atom. The fraction of sp³-hybridized carbons (Fsp3) is 0.0909. The van der Waals surface area contributed by atoms with E-state index in [1.807, 2.05) is 31.2 Å². The number of thioether (sulfide) groups is 1. The SMILES string of the molecule is CCOc1ccc(N2C(=O)/C(=C\c3ccc(-c4cc(Cl)ccc4Cl)o3)SC2=S)cc1. The monoisotopic (exact) mass is 475 g/mol. The minimum absolute atomic E-state index is 0.201. The van der Waals surface area contributed by atoms with Gasteiger partial charge < -0.3 is 9.15 Å². The first-order valence-electron chi connectivity index (χ1n) is 9.02. The molecule has 0 N–H and O–H groups in total. The summed E-state index contributed by atoms with van der Waals surface area (Å²) in [6.07, 6.45) is 1.68. The Morgan fingerprint density at radius 3 is 2.63 bits per heavy atom. The molecule has 1 fully saturated rings. The van der Waals surface area contributed by atoms with Crippen LogP contribution in [0.5, 0.6) is 5.75 Å². The first kappa shape index (κ1) is 21.0. The Kier molecular flexibility index (Phi) is 6.20. The molecular weight excluding hydrogens is 461 g/mol. The standard InChI is InChI=1S/C22H15Cl2NO3S2/c1-2-27-15-6-4-14(5-7-15)25-21(26)20(30-22(25)29)12-16-8-10-19(28-16)17-11-13(23)3-9-18(17)24/h3-12H,2H2,1H3/b20-12+. The molecule has 0 radical (unpaired) electrons. The van der Waals surface area contributed by atoms with E-state index in [1.165, 1.54) is 16.7 Å². The summed E-state index contributed by atoms with van der Waals surface area (Å²) >= 11 is 19.0. The smallest absolute Gasteiger partial charge is 0.270 e. The Morgan fingerprint density at radius 2 is 1.90 bits per heavy atom. The van der Waals surface area contributed by atoms with Crippen molar-refractivity contribution in [2.75, 3.05) is 11.5 Å². The summed E-state index contributed by atoms with van der Waals surface area (Å²) in [5, 5.41) is 1.09. The lowest BCUT2D eigenvalue weighted by molar-refractivity contribution is -0.113. The van der Waals surface area contributed by atoms with Gasteiger partial charge in [-0.25, -0.2) is 0 Å². The van der Waals surface area contributed by atoms with Gasteiger partial charge in [0.05, 0.1) is 22.2 Å². The maximum Gasteiger partial charge on any atom is 0.270 e. The molecule has 1 aliphatic heterocycles. The Hall–Kier alpha value is -2.25. The van der Waals surface area contributed by atoms with Crippen LogP contribution in [0.3, 0.4) is 0 Å². The van der Waals surface area contributed by atoms with E-state index in [2.05, 4.69) is 0 Å². The van der Waals surface area contributed by atoms with Gasteiger partial charge in [0.1, 0.15) is 17.3 Å². The van der Waals surface area contributed by atoms with Crippen LogP contribution in [-0.4, -0.2) is 16.8 Å². The molecule has 1 amide bonds. The van der Waals surface area contributed by atoms with Crippen molar-refractivity contribution >= 4 is 69.2 Å². The second kappa shape index (κ2) is 8.86. The first-order chi connectivity index (χ1) is 14.5. The number of thiocarbonyl (C=S) groups is 1. The molecule has 2 heterocycles. The van der Waals surface area contributed by atoms with Crippen molar-refractivity contribution in [3.63, 3.8) is 0 Å². The van der Waals surface area contributed by atoms with Crippen molar-refractivity contribution in [2.45, 2.75) is 6.92 Å². The summed E-state index contributed by atoms with van der Waals surface area (Å²) in [6, 6.07) is 16.0. The van der Waals surface area contributed by atoms with Crippen molar-refractivity contribution in [1.82, 2.24) is 0 Å². The average molecular weight is 476 g/mol. The Bertz CT molecular complexity index is 1160. The van der Waals surface area contributed by atoms with Crippen LogP contribution in [0, 0.1) is 0 Å². The summed E-state index contributed by atoms with van der Waals surface area (Å²) in [6.45, 7) is 2.50. The van der Waals surface area contributed by atoms with E-state index in [0.717, 1.165) is 5.75 Å². The van der Waals surface area contributed by atoms with Gasteiger partial charge in [-0.1, -0.05) is 47.2 Å². The van der Waals surface area contributed by atoms with E-state index in [-0.39, 0.29) is 5.91 Å². The maximum absolute atomic E-state index is 12.9. The van der Waals surface area contributed by atoms with Gasteiger partial charge in [0, 0.05) is 16.7 Å². The number of hydrogen-bond acceptors (Lipinski definition) is 5. The number of nitrogens with zero attached hydrogens (tertiary/aromatic N) is 1. The summed E-state index contributed by atoms with van der Waals surface area (Å²) in [4.78, 5) is 14.9. The number of amides is 1. The molecule has 0 bridgehead atoms. The summed E-state index contributed by atoms with van der Waals surface area (Å²) in [5.41, 5.74) is 1.38. The fourth-order valence-electron chi connectivity index (χ4n) is 2.94. The normalized spacial score (nSPS) is 15.3. The topological polar surface area (TPSA) is 42.7 Å². The summed E-state index contributed by atoms with van der Waals surface area (Å²) in [5.74, 6) is 1.63. The zero-order chi connectivity index (χ0) is 21.3. The van der Waals surface area contributed by atoms with Gasteiger partial charge in [0.2, 0.25) is 0 Å². The van der Waals surface area contributed by atoms with Gasteiger partial charge in [0.15, 0.2) is 4.32 Å². The van der Waals surface area contributed by atoms with Crippen LogP contribution in [0.2, 0.25) is 10.0 Å². The predicted octanol–water partition coefficient (Wildman–Crippen LogP) is 7.06. The van der Waals surface area contributed by atoms with Crippen molar-refractivity contribution in [3.8, 4) is 17.1 Å². The van der Waals surface area contributed by atoms with Crippen LogP contribution in [0.15, 0.2) is 63.9 Å². The number of furan rings is 1. The molecule has 0 unspecified atom stereocenters. The zero-order valence-electron chi connectivity index (χ0n) is 15.7. The van der Waals surface area contributed by atoms with E-state index in [0.29, 0.717) is 48.6 Å². The molecule has 1 saturated heterocycles. The van der Waals surface area contributed by atoms with Gasteiger partial charge >= 0.3 is 0 Å². The van der Waals surface area contributed by atoms with Gasteiger partial charge in [-0.15, -0.1) is 0 Å². The van der Waals surface area contributed by atoms with Crippen molar-refractivity contribution in [2.24, 2.45) is 0 Å². The van der Waals surface area contributed by atoms with Crippen LogP contribution in [0.1, 0.15) is 12.7 Å². The van der Waals surface area contributed by atoms with Crippen molar-refractivity contribution in [1.29, 1.82) is 0 Å². The number of carbonyl (C=O) groups is 1. The van der Waals surface area contributed by atoms with E-state index in [4.69, 9.17) is 44.6 Å². The third-order valence-corrected chi connectivity index (χ3v) is 6.16. The number of halogens is 2. The van der Waals surface area contributed by atoms with E-state index in [1.54, 1.807) is 36.4 Å². The minimum Gasteiger partial charge on any atom is -0.494 e. The first-order valence-corrected chi connectivity index (χ1v) is 11.0. The number of rotatable bonds is 5. The summed E-state index contributed by atoms with van der Waals surface area (Å²) < 4.78 is 11.8. The van der Waals surface area contributed by atoms with Crippen molar-refractivity contribution in [3.05, 3.63) is 75.3 Å². The second-order valence-corrected chi connectivity index (χ2v) is 8.79. The quantitative estimate of drug-likeness (QED) is 0.291. The van der Waals surface area contributed by atoms with E-state index >= 15 is 0 Å². The highest BCUT2D eigenvalue weighted by molar-refractivity contribution is 8.27. The molecule has 30 heavy (non-hydrogen) atoms. The molecule has 3 aromatic rings. The van der Waals surface area contributed by atoms with Crippen LogP contribution in [0.25, 0.3) is 17.4 Å². The van der Waals surface area contributed by atoms with Gasteiger partial charge in [-0.3, -0.25) is 9.69 Å². The zero-order valence-corrected chi connectivity index (χ0v) is 18.9. The van der Waals surface area contributed by atoms with Crippen molar-refractivity contribution < 1.29 is 13.9 Å². The number of ether oxygens (including phenoxy) is 1.